The van der Waals surface area contributed by atoms with Crippen molar-refractivity contribution in [3.05, 3.63) is 42.5 Å². The number of hydrogen-bond acceptors (Lipinski definition) is 6. The number of rotatable bonds is 11. The zero-order valence-corrected chi connectivity index (χ0v) is 20.8. The van der Waals surface area contributed by atoms with Crippen molar-refractivity contribution in [2.24, 2.45) is 16.9 Å². The van der Waals surface area contributed by atoms with Crippen molar-refractivity contribution in [2.45, 2.75) is 43.5 Å². The van der Waals surface area contributed by atoms with E-state index < -0.39 is 28.5 Å². The molecule has 0 saturated carbocycles. The summed E-state index contributed by atoms with van der Waals surface area (Å²) in [5.41, 5.74) is 0. The lowest BCUT2D eigenvalue weighted by atomic mass is 9.91. The number of hydrogen-bond donors (Lipinski definition) is 4. The molecule has 11 heteroatoms. The van der Waals surface area contributed by atoms with E-state index in [0.717, 1.165) is 30.0 Å². The van der Waals surface area contributed by atoms with Gasteiger partial charge in [0.1, 0.15) is 12.4 Å². The van der Waals surface area contributed by atoms with Gasteiger partial charge in [-0.2, -0.15) is 5.10 Å². The fraction of sp³-hybridized carbons (Fsp3) is 0.458. The molecule has 1 fully saturated rings. The van der Waals surface area contributed by atoms with Crippen LogP contribution in [0.3, 0.4) is 0 Å². The molecule has 0 spiro atoms. The normalized spacial score (nSPS) is 18.6. The van der Waals surface area contributed by atoms with Crippen LogP contribution in [0.25, 0.3) is 10.8 Å². The summed E-state index contributed by atoms with van der Waals surface area (Å²) in [4.78, 5) is 27.4. The molecule has 0 aromatic heterocycles. The highest BCUT2D eigenvalue weighted by Gasteiger charge is 2.35. The van der Waals surface area contributed by atoms with E-state index in [1.807, 2.05) is 24.3 Å². The smallest absolute Gasteiger partial charge is 0.242 e. The Morgan fingerprint density at radius 3 is 2.66 bits per heavy atom. The topological polar surface area (TPSA) is 146 Å². The molecule has 5 N–H and O–H groups in total. The number of benzene rings is 2. The van der Waals surface area contributed by atoms with Gasteiger partial charge in [-0.1, -0.05) is 37.3 Å². The summed E-state index contributed by atoms with van der Waals surface area (Å²) in [6.45, 7) is 3.25. The van der Waals surface area contributed by atoms with E-state index in [-0.39, 0.29) is 10.8 Å². The molecule has 2 aromatic rings. The molecule has 0 unspecified atom stereocenters. The van der Waals surface area contributed by atoms with E-state index in [2.05, 4.69) is 27.4 Å². The van der Waals surface area contributed by atoms with Gasteiger partial charge in [-0.3, -0.25) is 9.59 Å². The first kappa shape index (κ1) is 26.4. The van der Waals surface area contributed by atoms with E-state index in [1.165, 1.54) is 17.3 Å². The molecule has 1 heterocycles. The van der Waals surface area contributed by atoms with Crippen LogP contribution >= 0.6 is 0 Å². The van der Waals surface area contributed by atoms with Crippen molar-refractivity contribution >= 4 is 38.9 Å². The molecule has 1 aliphatic heterocycles. The predicted octanol–water partition coefficient (Wildman–Crippen LogP) is 1.13. The van der Waals surface area contributed by atoms with E-state index in [0.29, 0.717) is 32.0 Å². The van der Waals surface area contributed by atoms with E-state index in [4.69, 9.17) is 5.84 Å². The number of nitrogens with zero attached hydrogens (tertiary/aromatic N) is 2. The number of nitrogens with one attached hydrogen (secondary N) is 3. The summed E-state index contributed by atoms with van der Waals surface area (Å²) < 4.78 is 28.0. The van der Waals surface area contributed by atoms with Gasteiger partial charge >= 0.3 is 0 Å². The van der Waals surface area contributed by atoms with Gasteiger partial charge in [0.05, 0.1) is 11.4 Å². The van der Waals surface area contributed by atoms with Crippen LogP contribution in [0.5, 0.6) is 0 Å². The number of unbranched alkanes of at least 4 members (excludes halogenated alkanes) is 1. The van der Waals surface area contributed by atoms with Gasteiger partial charge < -0.3 is 21.4 Å². The Morgan fingerprint density at radius 1 is 1.14 bits per heavy atom. The highest BCUT2D eigenvalue weighted by molar-refractivity contribution is 7.89. The first-order valence-corrected chi connectivity index (χ1v) is 13.3. The lowest BCUT2D eigenvalue weighted by molar-refractivity contribution is -0.142. The molecule has 190 valence electrons. The number of carbonyl (C=O) groups excluding carboxylic acids is 2. The summed E-state index contributed by atoms with van der Waals surface area (Å²) in [6.07, 6.45) is 4.32. The van der Waals surface area contributed by atoms with Crippen LogP contribution in [0.1, 0.15) is 32.6 Å². The number of nitrogens with two attached hydrogens (primary N) is 1. The third-order valence-corrected chi connectivity index (χ3v) is 7.54. The maximum atomic E-state index is 13.0. The van der Waals surface area contributed by atoms with Crippen LogP contribution in [-0.4, -0.2) is 63.7 Å². The summed E-state index contributed by atoms with van der Waals surface area (Å²) in [6, 6.07) is 11.7. The van der Waals surface area contributed by atoms with Crippen molar-refractivity contribution < 1.29 is 18.0 Å². The van der Waals surface area contributed by atoms with Crippen LogP contribution in [0.4, 0.5) is 0 Å². The molecular formula is C24H34N6O4S. The Bertz CT molecular complexity index is 1150. The molecule has 35 heavy (non-hydrogen) atoms. The fourth-order valence-electron chi connectivity index (χ4n) is 4.16. The number of likely N-dealkylation sites (tertiary alicyclic amines) is 1. The largest absolute Gasteiger partial charge is 0.375 e. The molecule has 2 amide bonds. The number of fused-ring (bicyclic) bond motifs is 1. The Balaban J connectivity index is 1.56. The summed E-state index contributed by atoms with van der Waals surface area (Å²) in [5, 5.41) is 10.9. The minimum absolute atomic E-state index is 0.0952. The number of hydrazone groups is 1. The quantitative estimate of drug-likeness (QED) is 0.119. The molecule has 2 atom stereocenters. The standard InChI is InChI=1S/C24H34N6O4S/c1-18-10-13-30(22(14-18)24(32)27-12-5-4-11-26-17-28-25)23(31)16-29-35(33,34)21-9-8-19-6-2-3-7-20(19)15-21/h2-3,6-9,15,17-18,22,29H,4-5,10-14,16,25H2,1H3,(H,26,28)(H,27,32)/t18-,22-/m0/s1. The molecule has 2 aromatic carbocycles. The molecule has 0 radical (unpaired) electrons. The van der Waals surface area contributed by atoms with Crippen LogP contribution in [0.15, 0.2) is 52.5 Å². The molecular weight excluding hydrogens is 468 g/mol. The zero-order valence-electron chi connectivity index (χ0n) is 19.9. The highest BCUT2D eigenvalue weighted by Crippen LogP contribution is 2.23. The lowest BCUT2D eigenvalue weighted by Crippen LogP contribution is -2.55. The van der Waals surface area contributed by atoms with Gasteiger partial charge in [-0.15, -0.1) is 0 Å². The number of carbonyl (C=O) groups is 2. The average molecular weight is 503 g/mol. The molecule has 0 aliphatic carbocycles. The first-order valence-electron chi connectivity index (χ1n) is 11.8. The Labute approximate surface area is 206 Å². The fourth-order valence-corrected chi connectivity index (χ4v) is 5.17. The van der Waals surface area contributed by atoms with Gasteiger partial charge in [-0.25, -0.2) is 13.1 Å². The number of piperidine rings is 1. The SMILES string of the molecule is C[C@H]1CCN(C(=O)CNS(=O)(=O)c2ccc3ccccc3c2)[C@H](C(=O)NCCCCNC=NN)C1. The second kappa shape index (κ2) is 12.5. The zero-order chi connectivity index (χ0) is 25.3. The van der Waals surface area contributed by atoms with Gasteiger partial charge in [0.15, 0.2) is 0 Å². The Kier molecular flexibility index (Phi) is 9.44. The van der Waals surface area contributed by atoms with Gasteiger partial charge in [0.2, 0.25) is 21.8 Å². The van der Waals surface area contributed by atoms with Gasteiger partial charge in [0, 0.05) is 19.6 Å². The van der Waals surface area contributed by atoms with E-state index >= 15 is 0 Å². The second-order valence-corrected chi connectivity index (χ2v) is 10.6. The van der Waals surface area contributed by atoms with Crippen molar-refractivity contribution in [1.82, 2.24) is 20.3 Å². The van der Waals surface area contributed by atoms with E-state index in [1.54, 1.807) is 12.1 Å². The van der Waals surface area contributed by atoms with Crippen LogP contribution in [0, 0.1) is 5.92 Å². The van der Waals surface area contributed by atoms with Crippen molar-refractivity contribution in [2.75, 3.05) is 26.2 Å². The molecule has 1 saturated heterocycles. The van der Waals surface area contributed by atoms with E-state index in [9.17, 15) is 18.0 Å². The Morgan fingerprint density at radius 2 is 1.89 bits per heavy atom. The lowest BCUT2D eigenvalue weighted by Gasteiger charge is -2.37. The summed E-state index contributed by atoms with van der Waals surface area (Å²) >= 11 is 0. The van der Waals surface area contributed by atoms with Crippen LogP contribution < -0.4 is 21.2 Å². The van der Waals surface area contributed by atoms with Crippen LogP contribution in [-0.2, 0) is 19.6 Å². The van der Waals surface area contributed by atoms with Crippen molar-refractivity contribution in [3.63, 3.8) is 0 Å². The minimum atomic E-state index is -3.88. The number of amides is 2. The highest BCUT2D eigenvalue weighted by atomic mass is 32.2. The predicted molar refractivity (Wildman–Crippen MR) is 136 cm³/mol. The summed E-state index contributed by atoms with van der Waals surface area (Å²) in [5.74, 6) is 4.69. The van der Waals surface area contributed by atoms with Crippen molar-refractivity contribution in [1.29, 1.82) is 0 Å². The minimum Gasteiger partial charge on any atom is -0.375 e. The second-order valence-electron chi connectivity index (χ2n) is 8.80. The van der Waals surface area contributed by atoms with Crippen molar-refractivity contribution in [3.8, 4) is 0 Å². The first-order chi connectivity index (χ1) is 16.8. The van der Waals surface area contributed by atoms with Gasteiger partial charge in [0.25, 0.3) is 0 Å². The Hall–Kier alpha value is -3.18. The third-order valence-electron chi connectivity index (χ3n) is 6.15. The maximum Gasteiger partial charge on any atom is 0.242 e. The number of sulfonamides is 1. The molecule has 1 aliphatic rings. The molecule has 10 nitrogen and oxygen atoms in total. The van der Waals surface area contributed by atoms with Gasteiger partial charge in [-0.05, 0) is 54.5 Å². The summed E-state index contributed by atoms with van der Waals surface area (Å²) in [7, 11) is -3.88. The third kappa shape index (κ3) is 7.40. The maximum absolute atomic E-state index is 13.0. The average Bonchev–Trinajstić information content (AvgIpc) is 2.86. The molecule has 3 rings (SSSR count). The monoisotopic (exact) mass is 502 g/mol. The molecule has 0 bridgehead atoms. The van der Waals surface area contributed by atoms with Crippen LogP contribution in [0.2, 0.25) is 0 Å².